The topological polar surface area (TPSA) is 66.5 Å². The molecule has 0 aliphatic carbocycles. The Balaban J connectivity index is 1.81. The molecule has 3 rings (SSSR count). The van der Waals surface area contributed by atoms with Gasteiger partial charge in [-0.2, -0.15) is 4.31 Å². The van der Waals surface area contributed by atoms with Gasteiger partial charge in [-0.3, -0.25) is 4.79 Å². The molecular formula is C24H25ClN2O3S. The fraction of sp³-hybridized carbons (Fsp3) is 0.208. The predicted molar refractivity (Wildman–Crippen MR) is 125 cm³/mol. The van der Waals surface area contributed by atoms with Gasteiger partial charge in [-0.1, -0.05) is 67.9 Å². The molecule has 1 amide bonds. The second kappa shape index (κ2) is 10.1. The molecule has 1 N–H and O–H groups in total. The van der Waals surface area contributed by atoms with Gasteiger partial charge in [0, 0.05) is 17.3 Å². The van der Waals surface area contributed by atoms with Crippen LogP contribution in [-0.4, -0.2) is 25.2 Å². The highest BCUT2D eigenvalue weighted by Gasteiger charge is 2.27. The summed E-state index contributed by atoms with van der Waals surface area (Å²) in [5.41, 5.74) is 2.52. The van der Waals surface area contributed by atoms with Crippen LogP contribution in [0.15, 0.2) is 83.8 Å². The number of halogens is 1. The zero-order valence-electron chi connectivity index (χ0n) is 17.5. The number of anilines is 1. The molecule has 0 unspecified atom stereocenters. The lowest BCUT2D eigenvalue weighted by atomic mass is 10.0. The van der Waals surface area contributed by atoms with Crippen LogP contribution in [0.1, 0.15) is 30.9 Å². The molecule has 3 aromatic rings. The predicted octanol–water partition coefficient (Wildman–Crippen LogP) is 5.29. The second-order valence-corrected chi connectivity index (χ2v) is 9.91. The Hall–Kier alpha value is -2.67. The van der Waals surface area contributed by atoms with Gasteiger partial charge < -0.3 is 5.32 Å². The first-order valence-corrected chi connectivity index (χ1v) is 11.8. The highest BCUT2D eigenvalue weighted by atomic mass is 35.5. The smallest absolute Gasteiger partial charge is 0.243 e. The molecule has 0 bridgehead atoms. The van der Waals surface area contributed by atoms with Crippen molar-refractivity contribution in [1.82, 2.24) is 4.31 Å². The minimum atomic E-state index is -3.88. The van der Waals surface area contributed by atoms with Crippen LogP contribution in [0.2, 0.25) is 5.02 Å². The normalized spacial score (nSPS) is 11.6. The molecule has 0 spiro atoms. The Kier molecular flexibility index (Phi) is 7.49. The van der Waals surface area contributed by atoms with E-state index < -0.39 is 15.9 Å². The summed E-state index contributed by atoms with van der Waals surface area (Å²) >= 11 is 5.94. The zero-order chi connectivity index (χ0) is 22.4. The van der Waals surface area contributed by atoms with Crippen LogP contribution < -0.4 is 5.32 Å². The van der Waals surface area contributed by atoms with Gasteiger partial charge in [0.25, 0.3) is 0 Å². The van der Waals surface area contributed by atoms with Crippen molar-refractivity contribution in [3.05, 3.63) is 95.0 Å². The van der Waals surface area contributed by atoms with Crippen LogP contribution in [0.25, 0.3) is 0 Å². The van der Waals surface area contributed by atoms with Gasteiger partial charge in [0.05, 0.1) is 11.4 Å². The average molecular weight is 457 g/mol. The number of amides is 1. The van der Waals surface area contributed by atoms with Crippen molar-refractivity contribution >= 4 is 33.2 Å². The number of hydrogen-bond acceptors (Lipinski definition) is 3. The van der Waals surface area contributed by atoms with Gasteiger partial charge in [-0.05, 0) is 53.4 Å². The van der Waals surface area contributed by atoms with E-state index in [4.69, 9.17) is 11.6 Å². The van der Waals surface area contributed by atoms with Crippen LogP contribution in [0.3, 0.4) is 0 Å². The fourth-order valence-electron chi connectivity index (χ4n) is 3.07. The number of sulfonamides is 1. The highest BCUT2D eigenvalue weighted by Crippen LogP contribution is 2.20. The van der Waals surface area contributed by atoms with E-state index in [1.165, 1.54) is 16.4 Å². The molecule has 7 heteroatoms. The summed E-state index contributed by atoms with van der Waals surface area (Å²) in [5, 5.41) is 3.35. The van der Waals surface area contributed by atoms with Gasteiger partial charge in [0.1, 0.15) is 0 Å². The highest BCUT2D eigenvalue weighted by molar-refractivity contribution is 7.89. The maximum Gasteiger partial charge on any atom is 0.243 e. The molecule has 3 aromatic carbocycles. The largest absolute Gasteiger partial charge is 0.325 e. The van der Waals surface area contributed by atoms with Crippen molar-refractivity contribution in [2.24, 2.45) is 0 Å². The van der Waals surface area contributed by atoms with Crippen molar-refractivity contribution in [3.8, 4) is 0 Å². The Morgan fingerprint density at radius 2 is 1.55 bits per heavy atom. The maximum atomic E-state index is 13.2. The Morgan fingerprint density at radius 1 is 0.935 bits per heavy atom. The van der Waals surface area contributed by atoms with Gasteiger partial charge in [-0.15, -0.1) is 0 Å². The van der Waals surface area contributed by atoms with E-state index in [2.05, 4.69) is 19.2 Å². The van der Waals surface area contributed by atoms with E-state index >= 15 is 0 Å². The summed E-state index contributed by atoms with van der Waals surface area (Å²) in [7, 11) is -3.88. The van der Waals surface area contributed by atoms with Crippen molar-refractivity contribution in [1.29, 1.82) is 0 Å². The van der Waals surface area contributed by atoms with Gasteiger partial charge >= 0.3 is 0 Å². The summed E-state index contributed by atoms with van der Waals surface area (Å²) in [6, 6.07) is 22.5. The zero-order valence-corrected chi connectivity index (χ0v) is 19.0. The van der Waals surface area contributed by atoms with Gasteiger partial charge in [0.2, 0.25) is 15.9 Å². The number of nitrogens with one attached hydrogen (secondary N) is 1. The molecule has 0 aromatic heterocycles. The molecule has 31 heavy (non-hydrogen) atoms. The number of rotatable bonds is 8. The van der Waals surface area contributed by atoms with Crippen molar-refractivity contribution in [2.45, 2.75) is 31.2 Å². The lowest BCUT2D eigenvalue weighted by Gasteiger charge is -2.22. The lowest BCUT2D eigenvalue weighted by Crippen LogP contribution is -2.37. The molecule has 0 aliphatic heterocycles. The van der Waals surface area contributed by atoms with E-state index in [0.29, 0.717) is 16.6 Å². The van der Waals surface area contributed by atoms with Gasteiger partial charge in [0.15, 0.2) is 0 Å². The van der Waals surface area contributed by atoms with Crippen LogP contribution in [-0.2, 0) is 21.4 Å². The van der Waals surface area contributed by atoms with Crippen molar-refractivity contribution in [3.63, 3.8) is 0 Å². The summed E-state index contributed by atoms with van der Waals surface area (Å²) in [4.78, 5) is 12.9. The van der Waals surface area contributed by atoms with E-state index in [-0.39, 0.29) is 18.0 Å². The Labute approximate surface area is 188 Å². The van der Waals surface area contributed by atoms with Crippen LogP contribution in [0.5, 0.6) is 0 Å². The summed E-state index contributed by atoms with van der Waals surface area (Å²) in [6.45, 7) is 3.92. The Morgan fingerprint density at radius 3 is 2.13 bits per heavy atom. The molecule has 0 atom stereocenters. The molecule has 162 valence electrons. The summed E-state index contributed by atoms with van der Waals surface area (Å²) < 4.78 is 27.6. The number of carbonyl (C=O) groups excluding carboxylic acids is 1. The van der Waals surface area contributed by atoms with Gasteiger partial charge in [-0.25, -0.2) is 8.42 Å². The van der Waals surface area contributed by atoms with Crippen LogP contribution in [0.4, 0.5) is 5.69 Å². The first-order chi connectivity index (χ1) is 14.8. The van der Waals surface area contributed by atoms with E-state index in [1.54, 1.807) is 42.5 Å². The minimum Gasteiger partial charge on any atom is -0.325 e. The maximum absolute atomic E-state index is 13.2. The van der Waals surface area contributed by atoms with E-state index in [9.17, 15) is 13.2 Å². The quantitative estimate of drug-likeness (QED) is 0.500. The number of carbonyl (C=O) groups is 1. The van der Waals surface area contributed by atoms with Crippen molar-refractivity contribution in [2.75, 3.05) is 11.9 Å². The number of nitrogens with zero attached hydrogens (tertiary/aromatic N) is 1. The van der Waals surface area contributed by atoms with Crippen LogP contribution >= 0.6 is 11.6 Å². The third kappa shape index (κ3) is 6.17. The number of hydrogen-bond donors (Lipinski definition) is 1. The summed E-state index contributed by atoms with van der Waals surface area (Å²) in [6.07, 6.45) is 0. The minimum absolute atomic E-state index is 0.0497. The average Bonchev–Trinajstić information content (AvgIpc) is 2.75. The monoisotopic (exact) mass is 456 g/mol. The molecule has 0 fully saturated rings. The summed E-state index contributed by atoms with van der Waals surface area (Å²) in [5.74, 6) is -0.0265. The van der Waals surface area contributed by atoms with E-state index in [0.717, 1.165) is 11.1 Å². The first kappa shape index (κ1) is 23.0. The molecule has 0 radical (unpaired) electrons. The number of benzene rings is 3. The Bertz CT molecular complexity index is 1110. The molecule has 5 nitrogen and oxygen atoms in total. The third-order valence-electron chi connectivity index (χ3n) is 4.83. The molecule has 0 heterocycles. The SMILES string of the molecule is CC(C)c1ccc(NC(=O)CN(Cc2ccc(Cl)cc2)S(=O)(=O)c2ccccc2)cc1. The standard InChI is InChI=1S/C24H25ClN2O3S/c1-18(2)20-10-14-22(15-11-20)26-24(28)17-27(16-19-8-12-21(25)13-9-19)31(29,30)23-6-4-3-5-7-23/h3-15,18H,16-17H2,1-2H3,(H,26,28). The molecule has 0 saturated heterocycles. The fourth-order valence-corrected chi connectivity index (χ4v) is 4.60. The van der Waals surface area contributed by atoms with Crippen LogP contribution in [0, 0.1) is 0 Å². The second-order valence-electron chi connectivity index (χ2n) is 7.54. The first-order valence-electron chi connectivity index (χ1n) is 9.95. The van der Waals surface area contributed by atoms with Crippen molar-refractivity contribution < 1.29 is 13.2 Å². The lowest BCUT2D eigenvalue weighted by molar-refractivity contribution is -0.116. The molecule has 0 aliphatic rings. The third-order valence-corrected chi connectivity index (χ3v) is 6.89. The molecular weight excluding hydrogens is 432 g/mol. The van der Waals surface area contributed by atoms with E-state index in [1.807, 2.05) is 24.3 Å². The molecule has 0 saturated carbocycles.